The van der Waals surface area contributed by atoms with Gasteiger partial charge in [0.1, 0.15) is 18.1 Å². The number of aryl methyl sites for hydroxylation is 1. The van der Waals surface area contributed by atoms with Gasteiger partial charge >= 0.3 is 0 Å². The van der Waals surface area contributed by atoms with Crippen LogP contribution < -0.4 is 25.8 Å². The fraction of sp³-hybridized carbons (Fsp3) is 0.538. The Morgan fingerprint density at radius 1 is 1.11 bits per heavy atom. The molecule has 5 rings (SSSR count). The van der Waals surface area contributed by atoms with Crippen LogP contribution in [0.3, 0.4) is 0 Å². The molecule has 4 heterocycles. The first kappa shape index (κ1) is 24.5. The van der Waals surface area contributed by atoms with Gasteiger partial charge in [-0.2, -0.15) is 4.98 Å². The fourth-order valence-electron chi connectivity index (χ4n) is 5.07. The molecule has 192 valence electrons. The predicted octanol–water partition coefficient (Wildman–Crippen LogP) is 3.18. The van der Waals surface area contributed by atoms with Gasteiger partial charge in [0.2, 0.25) is 5.95 Å². The van der Waals surface area contributed by atoms with E-state index in [9.17, 15) is 4.79 Å². The van der Waals surface area contributed by atoms with E-state index in [4.69, 9.17) is 14.5 Å². The standard InChI is InChI=1S/C26H35N7O3/c1-3-35-14-15-36-23-18(2)21-17-29-26(31-24(21)33(25(23)34)19-6-4-5-7-19)30-22-9-8-20(16-28-22)32-12-10-27-11-13-32/h8-9,16-17,19,27H,3-7,10-15H2,1-2H3,(H,28,29,30,31). The minimum atomic E-state index is -0.133. The Labute approximate surface area is 211 Å². The fourth-order valence-corrected chi connectivity index (χ4v) is 5.07. The van der Waals surface area contributed by atoms with Crippen molar-refractivity contribution < 1.29 is 9.47 Å². The van der Waals surface area contributed by atoms with Gasteiger partial charge in [-0.25, -0.2) is 9.97 Å². The number of nitrogens with zero attached hydrogens (tertiary/aromatic N) is 5. The van der Waals surface area contributed by atoms with Crippen LogP contribution >= 0.6 is 0 Å². The van der Waals surface area contributed by atoms with Crippen molar-refractivity contribution in [1.29, 1.82) is 0 Å². The lowest BCUT2D eigenvalue weighted by atomic mass is 10.1. The highest BCUT2D eigenvalue weighted by atomic mass is 16.5. The first-order valence-corrected chi connectivity index (χ1v) is 13.0. The van der Waals surface area contributed by atoms with Crippen LogP contribution in [0.15, 0.2) is 29.3 Å². The van der Waals surface area contributed by atoms with E-state index in [0.29, 0.717) is 43.0 Å². The van der Waals surface area contributed by atoms with Crippen LogP contribution in [0.4, 0.5) is 17.5 Å². The Hall–Kier alpha value is -3.24. The maximum atomic E-state index is 13.6. The van der Waals surface area contributed by atoms with Gasteiger partial charge in [-0.05, 0) is 38.8 Å². The Morgan fingerprint density at radius 3 is 2.64 bits per heavy atom. The van der Waals surface area contributed by atoms with Crippen molar-refractivity contribution in [3.8, 4) is 5.75 Å². The molecule has 0 aromatic carbocycles. The Balaban J connectivity index is 1.45. The number of piperazine rings is 1. The molecular weight excluding hydrogens is 458 g/mol. The van der Waals surface area contributed by atoms with E-state index >= 15 is 0 Å². The summed E-state index contributed by atoms with van der Waals surface area (Å²) >= 11 is 0. The van der Waals surface area contributed by atoms with Gasteiger partial charge in [-0.15, -0.1) is 0 Å². The summed E-state index contributed by atoms with van der Waals surface area (Å²) in [5.74, 6) is 1.44. The third-order valence-corrected chi connectivity index (χ3v) is 6.99. The highest BCUT2D eigenvalue weighted by Crippen LogP contribution is 2.33. The lowest BCUT2D eigenvalue weighted by Gasteiger charge is -2.29. The first-order chi connectivity index (χ1) is 17.7. The van der Waals surface area contributed by atoms with Crippen molar-refractivity contribution in [1.82, 2.24) is 24.8 Å². The van der Waals surface area contributed by atoms with Crippen LogP contribution in [0.5, 0.6) is 5.75 Å². The van der Waals surface area contributed by atoms with Gasteiger partial charge in [0.25, 0.3) is 5.56 Å². The summed E-state index contributed by atoms with van der Waals surface area (Å²) in [7, 11) is 0. The zero-order valence-electron chi connectivity index (χ0n) is 21.1. The summed E-state index contributed by atoms with van der Waals surface area (Å²) in [6, 6.07) is 4.11. The van der Waals surface area contributed by atoms with Crippen molar-refractivity contribution in [2.75, 3.05) is 56.2 Å². The molecule has 1 saturated heterocycles. The molecule has 0 atom stereocenters. The Bertz CT molecular complexity index is 1230. The van der Waals surface area contributed by atoms with Gasteiger partial charge in [0, 0.05) is 56.0 Å². The molecule has 2 N–H and O–H groups in total. The van der Waals surface area contributed by atoms with E-state index in [2.05, 4.69) is 31.6 Å². The lowest BCUT2D eigenvalue weighted by Crippen LogP contribution is -2.43. The number of anilines is 3. The number of rotatable bonds is 9. The number of aromatic nitrogens is 4. The number of hydrogen-bond acceptors (Lipinski definition) is 9. The van der Waals surface area contributed by atoms with Crippen LogP contribution in [-0.4, -0.2) is 65.5 Å². The van der Waals surface area contributed by atoms with Crippen LogP contribution in [0.25, 0.3) is 11.0 Å². The predicted molar refractivity (Wildman–Crippen MR) is 141 cm³/mol. The van der Waals surface area contributed by atoms with E-state index in [-0.39, 0.29) is 11.6 Å². The third-order valence-electron chi connectivity index (χ3n) is 6.99. The second-order valence-corrected chi connectivity index (χ2v) is 9.31. The average molecular weight is 494 g/mol. The zero-order chi connectivity index (χ0) is 24.9. The molecule has 2 fully saturated rings. The van der Waals surface area contributed by atoms with Gasteiger partial charge in [-0.3, -0.25) is 9.36 Å². The summed E-state index contributed by atoms with van der Waals surface area (Å²) in [5, 5.41) is 7.40. The monoisotopic (exact) mass is 493 g/mol. The van der Waals surface area contributed by atoms with E-state index in [1.807, 2.05) is 30.7 Å². The van der Waals surface area contributed by atoms with Crippen LogP contribution in [0, 0.1) is 6.92 Å². The normalized spacial score (nSPS) is 16.6. The summed E-state index contributed by atoms with van der Waals surface area (Å²) < 4.78 is 13.1. The van der Waals surface area contributed by atoms with Crippen LogP contribution in [0.1, 0.15) is 44.2 Å². The number of pyridine rings is 2. The van der Waals surface area contributed by atoms with E-state index in [0.717, 1.165) is 68.5 Å². The number of fused-ring (bicyclic) bond motifs is 1. The largest absolute Gasteiger partial charge is 0.485 e. The molecule has 0 spiro atoms. The quantitative estimate of drug-likeness (QED) is 0.435. The molecular formula is C26H35N7O3. The topological polar surface area (TPSA) is 106 Å². The Morgan fingerprint density at radius 2 is 1.92 bits per heavy atom. The van der Waals surface area contributed by atoms with Gasteiger partial charge in [-0.1, -0.05) is 12.8 Å². The molecule has 3 aromatic rings. The SMILES string of the molecule is CCOCCOc1c(C)c2cnc(Nc3ccc(N4CCNCC4)cn3)nc2n(C2CCCC2)c1=O. The molecule has 1 aliphatic heterocycles. The van der Waals surface area contributed by atoms with Crippen molar-refractivity contribution in [2.24, 2.45) is 0 Å². The summed E-state index contributed by atoms with van der Waals surface area (Å²) in [6.07, 6.45) is 7.77. The minimum Gasteiger partial charge on any atom is -0.485 e. The lowest BCUT2D eigenvalue weighted by molar-refractivity contribution is 0.109. The molecule has 36 heavy (non-hydrogen) atoms. The van der Waals surface area contributed by atoms with Crippen molar-refractivity contribution in [3.63, 3.8) is 0 Å². The molecule has 10 heteroatoms. The molecule has 1 aliphatic carbocycles. The second kappa shape index (κ2) is 11.2. The average Bonchev–Trinajstić information content (AvgIpc) is 3.44. The van der Waals surface area contributed by atoms with E-state index in [1.54, 1.807) is 6.20 Å². The molecule has 3 aromatic heterocycles. The van der Waals surface area contributed by atoms with Gasteiger partial charge < -0.3 is 25.0 Å². The maximum absolute atomic E-state index is 13.6. The van der Waals surface area contributed by atoms with Crippen LogP contribution in [-0.2, 0) is 4.74 Å². The third kappa shape index (κ3) is 5.15. The molecule has 0 unspecified atom stereocenters. The van der Waals surface area contributed by atoms with E-state index in [1.165, 1.54) is 0 Å². The van der Waals surface area contributed by atoms with Gasteiger partial charge in [0.15, 0.2) is 5.75 Å². The van der Waals surface area contributed by atoms with Gasteiger partial charge in [0.05, 0.1) is 18.5 Å². The molecule has 10 nitrogen and oxygen atoms in total. The van der Waals surface area contributed by atoms with Crippen molar-refractivity contribution in [2.45, 2.75) is 45.6 Å². The van der Waals surface area contributed by atoms with Crippen molar-refractivity contribution in [3.05, 3.63) is 40.4 Å². The Kier molecular flexibility index (Phi) is 7.62. The zero-order valence-corrected chi connectivity index (χ0v) is 21.1. The van der Waals surface area contributed by atoms with Crippen molar-refractivity contribution >= 4 is 28.5 Å². The summed E-state index contributed by atoms with van der Waals surface area (Å²) in [5.41, 5.74) is 2.36. The smallest absolute Gasteiger partial charge is 0.295 e. The molecule has 0 radical (unpaired) electrons. The molecule has 0 bridgehead atoms. The second-order valence-electron chi connectivity index (χ2n) is 9.31. The van der Waals surface area contributed by atoms with E-state index < -0.39 is 0 Å². The minimum absolute atomic E-state index is 0.106. The number of hydrogen-bond donors (Lipinski definition) is 2. The van der Waals surface area contributed by atoms with Crippen LogP contribution in [0.2, 0.25) is 0 Å². The molecule has 0 amide bonds. The number of nitrogens with one attached hydrogen (secondary N) is 2. The highest BCUT2D eigenvalue weighted by molar-refractivity contribution is 5.81. The highest BCUT2D eigenvalue weighted by Gasteiger charge is 2.25. The summed E-state index contributed by atoms with van der Waals surface area (Å²) in [6.45, 7) is 9.11. The maximum Gasteiger partial charge on any atom is 0.295 e. The first-order valence-electron chi connectivity index (χ1n) is 13.0. The summed E-state index contributed by atoms with van der Waals surface area (Å²) in [4.78, 5) is 29.8. The number of ether oxygens (including phenoxy) is 2. The molecule has 1 saturated carbocycles. The molecule has 2 aliphatic rings.